The molecule has 0 unspecified atom stereocenters. The van der Waals surface area contributed by atoms with Crippen molar-refractivity contribution in [2.24, 2.45) is 5.92 Å². The monoisotopic (exact) mass is 308 g/mol. The van der Waals surface area contributed by atoms with E-state index in [9.17, 15) is 14.0 Å². The van der Waals surface area contributed by atoms with E-state index in [1.165, 1.54) is 17.0 Å². The Kier molecular flexibility index (Phi) is 5.89. The second kappa shape index (κ2) is 7.89. The third-order valence-corrected chi connectivity index (χ3v) is 3.63. The van der Waals surface area contributed by atoms with E-state index in [0.717, 1.165) is 6.42 Å². The lowest BCUT2D eigenvalue weighted by Crippen LogP contribution is -2.37. The van der Waals surface area contributed by atoms with Crippen LogP contribution in [0.1, 0.15) is 19.8 Å². The van der Waals surface area contributed by atoms with Crippen LogP contribution in [0.25, 0.3) is 0 Å². The first-order chi connectivity index (χ1) is 10.6. The van der Waals surface area contributed by atoms with Crippen molar-refractivity contribution >= 4 is 17.5 Å². The van der Waals surface area contributed by atoms with E-state index in [-0.39, 0.29) is 17.6 Å². The van der Waals surface area contributed by atoms with Gasteiger partial charge in [-0.3, -0.25) is 9.59 Å². The SMILES string of the molecule is CCOCCCNC(=O)[C@H]1CCN(c2ccc(F)cc2)C1=O. The van der Waals surface area contributed by atoms with Crippen LogP contribution in [0.4, 0.5) is 10.1 Å². The van der Waals surface area contributed by atoms with Crippen molar-refractivity contribution in [1.29, 1.82) is 0 Å². The number of ether oxygens (including phenoxy) is 1. The van der Waals surface area contributed by atoms with Gasteiger partial charge in [0.2, 0.25) is 11.8 Å². The van der Waals surface area contributed by atoms with Crippen LogP contribution in [0.5, 0.6) is 0 Å². The topological polar surface area (TPSA) is 58.6 Å². The summed E-state index contributed by atoms with van der Waals surface area (Å²) >= 11 is 0. The van der Waals surface area contributed by atoms with Gasteiger partial charge in [0.1, 0.15) is 11.7 Å². The van der Waals surface area contributed by atoms with Crippen LogP contribution < -0.4 is 10.2 Å². The van der Waals surface area contributed by atoms with Gasteiger partial charge in [-0.15, -0.1) is 0 Å². The zero-order valence-corrected chi connectivity index (χ0v) is 12.7. The standard InChI is InChI=1S/C16H21FN2O3/c1-2-22-11-3-9-18-15(20)14-8-10-19(16(14)21)13-6-4-12(17)5-7-13/h4-7,14H,2-3,8-11H2,1H3,(H,18,20)/t14-/m1/s1. The van der Waals surface area contributed by atoms with Crippen LogP contribution in [0.15, 0.2) is 24.3 Å². The minimum absolute atomic E-state index is 0.228. The van der Waals surface area contributed by atoms with Crippen molar-refractivity contribution in [3.63, 3.8) is 0 Å². The Morgan fingerprint density at radius 3 is 2.82 bits per heavy atom. The minimum atomic E-state index is -0.655. The summed E-state index contributed by atoms with van der Waals surface area (Å²) in [7, 11) is 0. The molecule has 0 radical (unpaired) electrons. The number of carbonyl (C=O) groups is 2. The third kappa shape index (κ3) is 4.04. The highest BCUT2D eigenvalue weighted by Crippen LogP contribution is 2.25. The summed E-state index contributed by atoms with van der Waals surface area (Å²) in [6, 6.07) is 5.72. The van der Waals surface area contributed by atoms with Crippen molar-refractivity contribution < 1.29 is 18.7 Å². The van der Waals surface area contributed by atoms with Gasteiger partial charge < -0.3 is 15.0 Å². The van der Waals surface area contributed by atoms with Gasteiger partial charge in [0.15, 0.2) is 0 Å². The van der Waals surface area contributed by atoms with Gasteiger partial charge >= 0.3 is 0 Å². The van der Waals surface area contributed by atoms with Crippen LogP contribution in [0.2, 0.25) is 0 Å². The Labute approximate surface area is 129 Å². The molecule has 0 saturated carbocycles. The van der Waals surface area contributed by atoms with Crippen molar-refractivity contribution in [3.8, 4) is 0 Å². The Balaban J connectivity index is 1.85. The number of hydrogen-bond donors (Lipinski definition) is 1. The van der Waals surface area contributed by atoms with E-state index in [4.69, 9.17) is 4.74 Å². The number of amides is 2. The van der Waals surface area contributed by atoms with E-state index in [0.29, 0.717) is 38.4 Å². The summed E-state index contributed by atoms with van der Waals surface area (Å²) in [4.78, 5) is 25.9. The normalized spacial score (nSPS) is 17.8. The first-order valence-corrected chi connectivity index (χ1v) is 7.56. The number of carbonyl (C=O) groups excluding carboxylic acids is 2. The summed E-state index contributed by atoms with van der Waals surface area (Å²) in [6.45, 7) is 4.14. The third-order valence-electron chi connectivity index (χ3n) is 3.63. The first kappa shape index (κ1) is 16.4. The van der Waals surface area contributed by atoms with Crippen LogP contribution in [-0.4, -0.2) is 38.1 Å². The Bertz CT molecular complexity index is 519. The van der Waals surface area contributed by atoms with E-state index < -0.39 is 5.92 Å². The number of halogens is 1. The predicted octanol–water partition coefficient (Wildman–Crippen LogP) is 1.72. The molecule has 120 valence electrons. The zero-order valence-electron chi connectivity index (χ0n) is 12.7. The minimum Gasteiger partial charge on any atom is -0.382 e. The van der Waals surface area contributed by atoms with Crippen molar-refractivity contribution in [2.75, 3.05) is 31.2 Å². The van der Waals surface area contributed by atoms with Gasteiger partial charge in [-0.05, 0) is 44.0 Å². The molecule has 1 heterocycles. The van der Waals surface area contributed by atoms with Gasteiger partial charge in [-0.2, -0.15) is 0 Å². The van der Waals surface area contributed by atoms with E-state index >= 15 is 0 Å². The lowest BCUT2D eigenvalue weighted by atomic mass is 10.1. The van der Waals surface area contributed by atoms with Gasteiger partial charge in [-0.1, -0.05) is 0 Å². The Morgan fingerprint density at radius 2 is 2.14 bits per heavy atom. The average molecular weight is 308 g/mol. The highest BCUT2D eigenvalue weighted by atomic mass is 19.1. The smallest absolute Gasteiger partial charge is 0.239 e. The molecule has 1 fully saturated rings. The van der Waals surface area contributed by atoms with Crippen molar-refractivity contribution in [1.82, 2.24) is 5.32 Å². The maximum absolute atomic E-state index is 12.9. The van der Waals surface area contributed by atoms with Gasteiger partial charge in [0, 0.05) is 32.0 Å². The molecule has 2 rings (SSSR count). The molecule has 6 heteroatoms. The number of nitrogens with one attached hydrogen (secondary N) is 1. The van der Waals surface area contributed by atoms with Crippen molar-refractivity contribution in [3.05, 3.63) is 30.1 Å². The van der Waals surface area contributed by atoms with Crippen LogP contribution in [0, 0.1) is 11.7 Å². The molecule has 5 nitrogen and oxygen atoms in total. The second-order valence-corrected chi connectivity index (χ2v) is 5.15. The fourth-order valence-corrected chi connectivity index (χ4v) is 2.45. The molecule has 1 N–H and O–H groups in total. The van der Waals surface area contributed by atoms with E-state index in [1.54, 1.807) is 12.1 Å². The number of anilines is 1. The summed E-state index contributed by atoms with van der Waals surface area (Å²) < 4.78 is 18.1. The molecular weight excluding hydrogens is 287 g/mol. The lowest BCUT2D eigenvalue weighted by Gasteiger charge is -2.16. The molecule has 0 aliphatic carbocycles. The van der Waals surface area contributed by atoms with Crippen molar-refractivity contribution in [2.45, 2.75) is 19.8 Å². The van der Waals surface area contributed by atoms with Gasteiger partial charge in [0.05, 0.1) is 0 Å². The highest BCUT2D eigenvalue weighted by Gasteiger charge is 2.37. The van der Waals surface area contributed by atoms with Crippen LogP contribution >= 0.6 is 0 Å². The molecule has 22 heavy (non-hydrogen) atoms. The Morgan fingerprint density at radius 1 is 1.41 bits per heavy atom. The maximum Gasteiger partial charge on any atom is 0.239 e. The molecule has 1 saturated heterocycles. The fourth-order valence-electron chi connectivity index (χ4n) is 2.45. The summed E-state index contributed by atoms with van der Waals surface area (Å²) in [6.07, 6.45) is 1.20. The Hall–Kier alpha value is -1.95. The summed E-state index contributed by atoms with van der Waals surface area (Å²) in [5.41, 5.74) is 0.623. The average Bonchev–Trinajstić information content (AvgIpc) is 2.89. The molecule has 1 atom stereocenters. The predicted molar refractivity (Wildman–Crippen MR) is 81.0 cm³/mol. The number of benzene rings is 1. The summed E-state index contributed by atoms with van der Waals surface area (Å²) in [5.74, 6) is -1.48. The number of nitrogens with zero attached hydrogens (tertiary/aromatic N) is 1. The summed E-state index contributed by atoms with van der Waals surface area (Å²) in [5, 5.41) is 2.77. The molecule has 2 amide bonds. The second-order valence-electron chi connectivity index (χ2n) is 5.15. The van der Waals surface area contributed by atoms with Gasteiger partial charge in [0.25, 0.3) is 0 Å². The largest absolute Gasteiger partial charge is 0.382 e. The number of hydrogen-bond acceptors (Lipinski definition) is 3. The van der Waals surface area contributed by atoms with Crippen LogP contribution in [0.3, 0.4) is 0 Å². The highest BCUT2D eigenvalue weighted by molar-refractivity contribution is 6.09. The molecule has 0 aromatic heterocycles. The number of rotatable bonds is 7. The fraction of sp³-hybridized carbons (Fsp3) is 0.500. The van der Waals surface area contributed by atoms with Crippen LogP contribution in [-0.2, 0) is 14.3 Å². The van der Waals surface area contributed by atoms with E-state index in [2.05, 4.69) is 5.32 Å². The van der Waals surface area contributed by atoms with E-state index in [1.807, 2.05) is 6.92 Å². The molecular formula is C16H21FN2O3. The molecule has 1 aromatic rings. The quantitative estimate of drug-likeness (QED) is 0.616. The maximum atomic E-state index is 12.9. The molecule has 1 aliphatic heterocycles. The zero-order chi connectivity index (χ0) is 15.9. The first-order valence-electron chi connectivity index (χ1n) is 7.56. The molecule has 1 aromatic carbocycles. The molecule has 0 bridgehead atoms. The lowest BCUT2D eigenvalue weighted by molar-refractivity contribution is -0.132. The molecule has 0 spiro atoms. The van der Waals surface area contributed by atoms with Gasteiger partial charge in [-0.25, -0.2) is 4.39 Å². The molecule has 1 aliphatic rings.